The fraction of sp³-hybridized carbons (Fsp3) is 0.345. The average Bonchev–Trinajstić information content (AvgIpc) is 3.18. The van der Waals surface area contributed by atoms with Gasteiger partial charge in [0.1, 0.15) is 5.75 Å². The number of amides is 2. The molecule has 2 aromatic carbocycles. The van der Waals surface area contributed by atoms with Gasteiger partial charge in [0.25, 0.3) is 11.8 Å². The third-order valence-electron chi connectivity index (χ3n) is 6.68. The van der Waals surface area contributed by atoms with Crippen LogP contribution in [0.1, 0.15) is 42.6 Å². The molecule has 1 saturated heterocycles. The van der Waals surface area contributed by atoms with Crippen LogP contribution < -0.4 is 10.1 Å². The number of benzene rings is 2. The Labute approximate surface area is 223 Å². The van der Waals surface area contributed by atoms with Gasteiger partial charge in [-0.3, -0.25) is 14.6 Å². The van der Waals surface area contributed by atoms with Crippen molar-refractivity contribution < 1.29 is 14.3 Å². The predicted octanol–water partition coefficient (Wildman–Crippen LogP) is 4.79. The molecular weight excluding hydrogens is 488 g/mol. The molecule has 37 heavy (non-hydrogen) atoms. The van der Waals surface area contributed by atoms with E-state index in [2.05, 4.69) is 16.9 Å². The maximum Gasteiger partial charge on any atom is 0.290 e. The minimum Gasteiger partial charge on any atom is -0.494 e. The molecule has 194 valence electrons. The third-order valence-corrected chi connectivity index (χ3v) is 6.91. The molecule has 1 atom stereocenters. The molecule has 8 heteroatoms. The van der Waals surface area contributed by atoms with E-state index in [0.29, 0.717) is 55.5 Å². The molecule has 7 nitrogen and oxygen atoms in total. The number of hydrogen-bond acceptors (Lipinski definition) is 5. The lowest BCUT2D eigenvalue weighted by molar-refractivity contribution is -0.131. The number of hydrogen-bond donors (Lipinski definition) is 1. The molecule has 2 aliphatic rings. The Morgan fingerprint density at radius 3 is 2.76 bits per heavy atom. The highest BCUT2D eigenvalue weighted by Gasteiger charge is 2.41. The van der Waals surface area contributed by atoms with Crippen LogP contribution in [-0.2, 0) is 4.79 Å². The highest BCUT2D eigenvalue weighted by Crippen LogP contribution is 2.26. The summed E-state index contributed by atoms with van der Waals surface area (Å²) in [4.78, 5) is 35.0. The fourth-order valence-corrected chi connectivity index (χ4v) is 4.75. The zero-order valence-corrected chi connectivity index (χ0v) is 22.1. The summed E-state index contributed by atoms with van der Waals surface area (Å²) in [6, 6.07) is 14.9. The lowest BCUT2D eigenvalue weighted by Crippen LogP contribution is -2.64. The quantitative estimate of drug-likeness (QED) is 0.533. The molecule has 1 fully saturated rings. The molecule has 2 aromatic rings. The van der Waals surface area contributed by atoms with Crippen molar-refractivity contribution in [3.63, 3.8) is 0 Å². The van der Waals surface area contributed by atoms with Crippen LogP contribution in [0.15, 0.2) is 72.4 Å². The molecule has 2 aliphatic heterocycles. The lowest BCUT2D eigenvalue weighted by Gasteiger charge is -2.47. The smallest absolute Gasteiger partial charge is 0.290 e. The minimum atomic E-state index is -0.753. The Morgan fingerprint density at radius 1 is 1.19 bits per heavy atom. The second kappa shape index (κ2) is 11.6. The molecule has 2 amide bonds. The van der Waals surface area contributed by atoms with Crippen LogP contribution in [0.3, 0.4) is 0 Å². The normalized spacial score (nSPS) is 19.8. The third kappa shape index (κ3) is 6.05. The van der Waals surface area contributed by atoms with Crippen LogP contribution in [0.2, 0.25) is 5.02 Å². The first kappa shape index (κ1) is 26.5. The van der Waals surface area contributed by atoms with Crippen molar-refractivity contribution in [2.75, 3.05) is 32.8 Å². The number of nitrogens with zero attached hydrogens (tertiary/aromatic N) is 3. The molecule has 2 heterocycles. The van der Waals surface area contributed by atoms with Gasteiger partial charge in [-0.15, -0.1) is 6.58 Å². The van der Waals surface area contributed by atoms with Crippen LogP contribution in [0.25, 0.3) is 5.57 Å². The first-order chi connectivity index (χ1) is 17.8. The predicted molar refractivity (Wildman–Crippen MR) is 148 cm³/mol. The van der Waals surface area contributed by atoms with E-state index in [0.717, 1.165) is 17.6 Å². The Hall–Kier alpha value is -3.58. The molecule has 1 N–H and O–H groups in total. The van der Waals surface area contributed by atoms with Gasteiger partial charge in [-0.25, -0.2) is 0 Å². The summed E-state index contributed by atoms with van der Waals surface area (Å²) in [6.07, 6.45) is 5.14. The fourth-order valence-electron chi connectivity index (χ4n) is 4.56. The van der Waals surface area contributed by atoms with Crippen molar-refractivity contribution >= 4 is 34.8 Å². The van der Waals surface area contributed by atoms with E-state index in [1.165, 1.54) is 0 Å². The molecule has 1 unspecified atom stereocenters. The van der Waals surface area contributed by atoms with Crippen LogP contribution in [0.4, 0.5) is 0 Å². The Morgan fingerprint density at radius 2 is 2.00 bits per heavy atom. The number of rotatable bonds is 7. The Bertz CT molecular complexity index is 1240. The minimum absolute atomic E-state index is 0.0962. The summed E-state index contributed by atoms with van der Waals surface area (Å²) >= 11 is 6.15. The molecule has 0 bridgehead atoms. The van der Waals surface area contributed by atoms with Crippen LogP contribution in [-0.4, -0.2) is 65.8 Å². The SMILES string of the molecule is C=CC1(C)CN(C(=O)c2cccc(OCCC)c2)CCN1C(=O)C1=NCCC(c2cccc(Cl)c2)=CN1. The molecule has 4 rings (SSSR count). The van der Waals surface area contributed by atoms with Crippen molar-refractivity contribution in [3.8, 4) is 5.75 Å². The Balaban J connectivity index is 1.46. The van der Waals surface area contributed by atoms with Crippen molar-refractivity contribution in [1.82, 2.24) is 15.1 Å². The number of ether oxygens (including phenoxy) is 1. The maximum atomic E-state index is 13.6. The van der Waals surface area contributed by atoms with E-state index in [1.54, 1.807) is 28.0 Å². The van der Waals surface area contributed by atoms with Gasteiger partial charge < -0.3 is 19.9 Å². The van der Waals surface area contributed by atoms with Crippen LogP contribution in [0.5, 0.6) is 5.75 Å². The zero-order valence-electron chi connectivity index (χ0n) is 21.4. The van der Waals surface area contributed by atoms with Gasteiger partial charge in [-0.05, 0) is 61.2 Å². The van der Waals surface area contributed by atoms with Gasteiger partial charge in [0.2, 0.25) is 0 Å². The lowest BCUT2D eigenvalue weighted by atomic mass is 9.95. The maximum absolute atomic E-state index is 13.6. The van der Waals surface area contributed by atoms with Crippen molar-refractivity contribution in [3.05, 3.63) is 83.5 Å². The van der Waals surface area contributed by atoms with E-state index in [9.17, 15) is 9.59 Å². The first-order valence-electron chi connectivity index (χ1n) is 12.6. The number of nitrogens with one attached hydrogen (secondary N) is 1. The highest BCUT2D eigenvalue weighted by atomic mass is 35.5. The van der Waals surface area contributed by atoms with Crippen molar-refractivity contribution in [2.24, 2.45) is 4.99 Å². The van der Waals surface area contributed by atoms with E-state index in [-0.39, 0.29) is 17.6 Å². The summed E-state index contributed by atoms with van der Waals surface area (Å²) in [5, 5.41) is 3.78. The second-order valence-corrected chi connectivity index (χ2v) is 9.86. The molecule has 0 aliphatic carbocycles. The van der Waals surface area contributed by atoms with Crippen LogP contribution >= 0.6 is 11.6 Å². The number of aliphatic imine (C=N–C) groups is 1. The highest BCUT2D eigenvalue weighted by molar-refractivity contribution is 6.38. The van der Waals surface area contributed by atoms with Gasteiger partial charge in [0.15, 0.2) is 5.84 Å². The number of amidine groups is 1. The molecule has 0 radical (unpaired) electrons. The number of halogens is 1. The van der Waals surface area contributed by atoms with Gasteiger partial charge in [-0.2, -0.15) is 0 Å². The standard InChI is InChI=1S/C29H33ClN4O3/c1-4-16-37-25-11-7-9-22(18-25)27(35)33-14-15-34(29(3,5-2)20-33)28(36)26-31-13-12-23(19-32-26)21-8-6-10-24(30)17-21/h5-11,17-19H,2,4,12-16,20H2,1,3H3,(H,31,32). The van der Waals surface area contributed by atoms with Crippen LogP contribution in [0, 0.1) is 0 Å². The largest absolute Gasteiger partial charge is 0.494 e. The second-order valence-electron chi connectivity index (χ2n) is 9.43. The van der Waals surface area contributed by atoms with E-state index < -0.39 is 5.54 Å². The van der Waals surface area contributed by atoms with E-state index in [4.69, 9.17) is 16.3 Å². The molecular formula is C29H33ClN4O3. The summed E-state index contributed by atoms with van der Waals surface area (Å²) in [6.45, 7) is 10.1. The summed E-state index contributed by atoms with van der Waals surface area (Å²) in [7, 11) is 0. The van der Waals surface area contributed by atoms with Gasteiger partial charge in [0.05, 0.1) is 12.1 Å². The average molecular weight is 521 g/mol. The van der Waals surface area contributed by atoms with Crippen molar-refractivity contribution in [2.45, 2.75) is 32.2 Å². The summed E-state index contributed by atoms with van der Waals surface area (Å²) < 4.78 is 5.69. The molecule has 0 saturated carbocycles. The van der Waals surface area contributed by atoms with Crippen molar-refractivity contribution in [1.29, 1.82) is 0 Å². The number of piperazine rings is 1. The summed E-state index contributed by atoms with van der Waals surface area (Å²) in [5.41, 5.74) is 1.84. The van der Waals surface area contributed by atoms with Gasteiger partial charge >= 0.3 is 0 Å². The monoisotopic (exact) mass is 520 g/mol. The molecule has 0 aromatic heterocycles. The molecule has 0 spiro atoms. The summed E-state index contributed by atoms with van der Waals surface area (Å²) in [5.74, 6) is 0.649. The first-order valence-corrected chi connectivity index (χ1v) is 13.0. The van der Waals surface area contributed by atoms with E-state index in [1.807, 2.05) is 56.4 Å². The van der Waals surface area contributed by atoms with Gasteiger partial charge in [-0.1, -0.05) is 42.8 Å². The number of carbonyl (C=O) groups excluding carboxylic acids is 2. The zero-order chi connectivity index (χ0) is 26.4. The van der Waals surface area contributed by atoms with Gasteiger partial charge in [0, 0.05) is 43.0 Å². The topological polar surface area (TPSA) is 74.2 Å². The van der Waals surface area contributed by atoms with E-state index >= 15 is 0 Å². The number of carbonyl (C=O) groups is 2. The Kier molecular flexibility index (Phi) is 8.34.